The second-order valence-electron chi connectivity index (χ2n) is 8.31. The van der Waals surface area contributed by atoms with E-state index in [-0.39, 0.29) is 17.8 Å². The SMILES string of the molecule is CC.CC.CC.CC.Nc1cc(-c2ccc(C3=CC(C4=CC=CCN4)NC(C4C=CC=CN4)=C3)cc2)cc([N+](=O)[O-])c1. The number of benzene rings is 2. The van der Waals surface area contributed by atoms with Crippen LogP contribution in [-0.4, -0.2) is 23.6 Å². The van der Waals surface area contributed by atoms with Crippen molar-refractivity contribution in [1.82, 2.24) is 16.0 Å². The normalized spacial score (nSPS) is 17.5. The van der Waals surface area contributed by atoms with Gasteiger partial charge in [-0.15, -0.1) is 0 Å². The minimum atomic E-state index is -0.424. The third-order valence-electron chi connectivity index (χ3n) is 5.97. The summed E-state index contributed by atoms with van der Waals surface area (Å²) in [5, 5.41) is 21.7. The van der Waals surface area contributed by atoms with Gasteiger partial charge in [-0.25, -0.2) is 0 Å². The Morgan fingerprint density at radius 3 is 2.05 bits per heavy atom. The minimum Gasteiger partial charge on any atom is -0.399 e. The van der Waals surface area contributed by atoms with Crippen molar-refractivity contribution in [2.24, 2.45) is 0 Å². The summed E-state index contributed by atoms with van der Waals surface area (Å²) in [5.74, 6) is 0. The third-order valence-corrected chi connectivity index (χ3v) is 5.97. The van der Waals surface area contributed by atoms with Gasteiger partial charge < -0.3 is 21.7 Å². The number of nitro benzene ring substituents is 1. The summed E-state index contributed by atoms with van der Waals surface area (Å²) < 4.78 is 0. The number of non-ortho nitro benzene ring substituents is 1. The molecule has 3 aliphatic rings. The van der Waals surface area contributed by atoms with Crippen LogP contribution in [0.3, 0.4) is 0 Å². The molecule has 2 aromatic rings. The van der Waals surface area contributed by atoms with Crippen molar-refractivity contribution in [2.45, 2.75) is 67.5 Å². The van der Waals surface area contributed by atoms with E-state index in [1.807, 2.05) is 98.0 Å². The van der Waals surface area contributed by atoms with Crippen LogP contribution in [0.2, 0.25) is 0 Å². The molecule has 5 rings (SSSR count). The van der Waals surface area contributed by atoms with Crippen LogP contribution in [-0.2, 0) is 0 Å². The van der Waals surface area contributed by atoms with Crippen molar-refractivity contribution in [3.63, 3.8) is 0 Å². The molecule has 42 heavy (non-hydrogen) atoms. The number of hydrogen-bond acceptors (Lipinski definition) is 6. The Hall–Kier alpha value is -4.52. The first-order chi connectivity index (χ1) is 20.6. The topological polar surface area (TPSA) is 105 Å². The maximum Gasteiger partial charge on any atom is 0.272 e. The van der Waals surface area contributed by atoms with Gasteiger partial charge in [0.1, 0.15) is 0 Å². The zero-order valence-electron chi connectivity index (χ0n) is 26.4. The number of allylic oxidation sites excluding steroid dienone is 6. The standard InChI is InChI=1S/C27H25N5O2.4C2H6/c28-22-13-20(14-23(17-22)32(33)34)18-7-9-19(10-8-18)21-15-26(24-5-1-3-11-29-24)31-27(16-21)25-6-2-4-12-30-25;4*1-2/h1-11,13-17,24,27,29-31H,12,28H2;4*1-2H3. The Kier molecular flexibility index (Phi) is 16.5. The van der Waals surface area contributed by atoms with Gasteiger partial charge in [-0.1, -0.05) is 104 Å². The first-order valence-electron chi connectivity index (χ1n) is 15.1. The van der Waals surface area contributed by atoms with E-state index in [9.17, 15) is 10.1 Å². The summed E-state index contributed by atoms with van der Waals surface area (Å²) in [6.07, 6.45) is 18.7. The highest BCUT2D eigenvalue weighted by Gasteiger charge is 2.23. The molecule has 7 heteroatoms. The molecule has 0 saturated heterocycles. The van der Waals surface area contributed by atoms with Crippen molar-refractivity contribution in [3.05, 3.63) is 124 Å². The van der Waals surface area contributed by atoms with Crippen molar-refractivity contribution >= 4 is 16.9 Å². The largest absolute Gasteiger partial charge is 0.399 e. The molecule has 3 heterocycles. The molecule has 0 aromatic heterocycles. The van der Waals surface area contributed by atoms with E-state index < -0.39 is 4.92 Å². The second-order valence-corrected chi connectivity index (χ2v) is 8.31. The number of rotatable bonds is 5. The van der Waals surface area contributed by atoms with Gasteiger partial charge in [0.2, 0.25) is 0 Å². The highest BCUT2D eigenvalue weighted by Crippen LogP contribution is 2.30. The molecule has 5 N–H and O–H groups in total. The quantitative estimate of drug-likeness (QED) is 0.164. The van der Waals surface area contributed by atoms with Crippen LogP contribution in [0.5, 0.6) is 0 Å². The molecular weight excluding hydrogens is 522 g/mol. The number of nitrogens with two attached hydrogens (primary N) is 1. The average molecular weight is 572 g/mol. The zero-order chi connectivity index (χ0) is 31.5. The van der Waals surface area contributed by atoms with Crippen LogP contribution in [0.25, 0.3) is 16.7 Å². The van der Waals surface area contributed by atoms with Crippen LogP contribution in [0, 0.1) is 10.1 Å². The maximum atomic E-state index is 11.2. The molecule has 7 nitrogen and oxygen atoms in total. The molecule has 3 aliphatic heterocycles. The van der Waals surface area contributed by atoms with Gasteiger partial charge in [0.05, 0.1) is 17.0 Å². The van der Waals surface area contributed by atoms with Gasteiger partial charge in [-0.2, -0.15) is 0 Å². The molecule has 0 amide bonds. The van der Waals surface area contributed by atoms with Gasteiger partial charge in [0.25, 0.3) is 5.69 Å². The van der Waals surface area contributed by atoms with E-state index in [4.69, 9.17) is 5.73 Å². The number of nitrogen functional groups attached to an aromatic ring is 1. The predicted octanol–water partition coefficient (Wildman–Crippen LogP) is 8.27. The minimum absolute atomic E-state index is 0.0114. The summed E-state index contributed by atoms with van der Waals surface area (Å²) >= 11 is 0. The molecular formula is C35H49N5O2. The Bertz CT molecular complexity index is 1300. The number of nitro groups is 1. The molecule has 0 saturated carbocycles. The van der Waals surface area contributed by atoms with Crippen molar-refractivity contribution in [2.75, 3.05) is 12.3 Å². The highest BCUT2D eigenvalue weighted by molar-refractivity contribution is 5.79. The second kappa shape index (κ2) is 19.5. The molecule has 226 valence electrons. The van der Waals surface area contributed by atoms with Gasteiger partial charge in [0, 0.05) is 35.8 Å². The summed E-state index contributed by atoms with van der Waals surface area (Å²) in [4.78, 5) is 10.8. The van der Waals surface area contributed by atoms with E-state index in [1.54, 1.807) is 12.1 Å². The fourth-order valence-electron chi connectivity index (χ4n) is 4.27. The Morgan fingerprint density at radius 2 is 1.48 bits per heavy atom. The molecule has 0 radical (unpaired) electrons. The molecule has 2 unspecified atom stereocenters. The van der Waals surface area contributed by atoms with Crippen LogP contribution in [0.1, 0.15) is 61.0 Å². The first kappa shape index (κ1) is 35.5. The fraction of sp³-hybridized carbons (Fsp3) is 0.314. The molecule has 0 aliphatic carbocycles. The summed E-state index contributed by atoms with van der Waals surface area (Å²) in [6.45, 7) is 16.8. The smallest absolute Gasteiger partial charge is 0.272 e. The van der Waals surface area contributed by atoms with Crippen LogP contribution in [0.4, 0.5) is 11.4 Å². The monoisotopic (exact) mass is 571 g/mol. The van der Waals surface area contributed by atoms with Crippen LogP contribution < -0.4 is 21.7 Å². The van der Waals surface area contributed by atoms with Crippen LogP contribution in [0.15, 0.2) is 109 Å². The lowest BCUT2D eigenvalue weighted by Gasteiger charge is -2.31. The molecule has 2 atom stereocenters. The summed E-state index contributed by atoms with van der Waals surface area (Å²) in [7, 11) is 0. The predicted molar refractivity (Wildman–Crippen MR) is 182 cm³/mol. The van der Waals surface area contributed by atoms with Gasteiger partial charge >= 0.3 is 0 Å². The maximum absolute atomic E-state index is 11.2. The van der Waals surface area contributed by atoms with Gasteiger partial charge in [-0.3, -0.25) is 10.1 Å². The lowest BCUT2D eigenvalue weighted by atomic mass is 9.93. The lowest BCUT2D eigenvalue weighted by Crippen LogP contribution is -2.43. The van der Waals surface area contributed by atoms with E-state index in [0.717, 1.165) is 40.2 Å². The van der Waals surface area contributed by atoms with Gasteiger partial charge in [-0.05, 0) is 58.8 Å². The number of hydrogen-bond donors (Lipinski definition) is 4. The van der Waals surface area contributed by atoms with Crippen molar-refractivity contribution in [3.8, 4) is 11.1 Å². The molecule has 0 spiro atoms. The number of nitrogens with zero attached hydrogens (tertiary/aromatic N) is 1. The van der Waals surface area contributed by atoms with Crippen molar-refractivity contribution < 1.29 is 4.92 Å². The van der Waals surface area contributed by atoms with E-state index in [2.05, 4.69) is 52.4 Å². The number of dihydropyridines is 3. The zero-order valence-corrected chi connectivity index (χ0v) is 26.4. The first-order valence-corrected chi connectivity index (χ1v) is 15.1. The molecule has 2 aromatic carbocycles. The Labute approximate surface area is 252 Å². The molecule has 0 fully saturated rings. The summed E-state index contributed by atoms with van der Waals surface area (Å²) in [5.41, 5.74) is 12.2. The van der Waals surface area contributed by atoms with Crippen LogP contribution >= 0.6 is 0 Å². The number of anilines is 1. The fourth-order valence-corrected chi connectivity index (χ4v) is 4.27. The van der Waals surface area contributed by atoms with Gasteiger partial charge in [0.15, 0.2) is 0 Å². The molecule has 0 bridgehead atoms. The highest BCUT2D eigenvalue weighted by atomic mass is 16.6. The van der Waals surface area contributed by atoms with E-state index in [0.29, 0.717) is 5.69 Å². The van der Waals surface area contributed by atoms with E-state index >= 15 is 0 Å². The average Bonchev–Trinajstić information content (AvgIpc) is 3.09. The Balaban J connectivity index is 0.00000102. The lowest BCUT2D eigenvalue weighted by molar-refractivity contribution is -0.384. The van der Waals surface area contributed by atoms with E-state index in [1.165, 1.54) is 6.07 Å². The number of nitrogens with one attached hydrogen (secondary N) is 3. The summed E-state index contributed by atoms with van der Waals surface area (Å²) in [6, 6.07) is 12.8. The van der Waals surface area contributed by atoms with Crippen molar-refractivity contribution in [1.29, 1.82) is 0 Å². The third kappa shape index (κ3) is 9.84. The Morgan fingerprint density at radius 1 is 0.810 bits per heavy atom.